The lowest BCUT2D eigenvalue weighted by atomic mass is 9.65. The number of carbonyl (C=O) groups is 1. The van der Waals surface area contributed by atoms with Gasteiger partial charge in [-0.25, -0.2) is 8.42 Å². The van der Waals surface area contributed by atoms with E-state index in [2.05, 4.69) is 25.7 Å². The summed E-state index contributed by atoms with van der Waals surface area (Å²) in [5.41, 5.74) is 0.166. The molecule has 0 N–H and O–H groups in total. The second-order valence-corrected chi connectivity index (χ2v) is 12.6. The van der Waals surface area contributed by atoms with Crippen molar-refractivity contribution in [1.29, 1.82) is 0 Å². The Morgan fingerprint density at radius 3 is 2.48 bits per heavy atom. The maximum Gasteiger partial charge on any atom is 0.270 e. The fourth-order valence-corrected chi connectivity index (χ4v) is 7.71. The highest BCUT2D eigenvalue weighted by Gasteiger charge is 2.51. The van der Waals surface area contributed by atoms with E-state index in [1.165, 1.54) is 22.5 Å². The molecular formula is C22H31N3O5S. The molecule has 2 saturated heterocycles. The quantitative estimate of drug-likeness (QED) is 0.518. The Balaban J connectivity index is 1.43. The van der Waals surface area contributed by atoms with E-state index in [1.54, 1.807) is 0 Å². The van der Waals surface area contributed by atoms with Crippen molar-refractivity contribution in [2.45, 2.75) is 63.8 Å². The van der Waals surface area contributed by atoms with Crippen molar-refractivity contribution >= 4 is 21.6 Å². The van der Waals surface area contributed by atoms with Crippen LogP contribution in [0.5, 0.6) is 0 Å². The van der Waals surface area contributed by atoms with Gasteiger partial charge in [-0.05, 0) is 49.0 Å². The molecule has 3 aliphatic rings. The van der Waals surface area contributed by atoms with Crippen molar-refractivity contribution in [2.75, 3.05) is 19.6 Å². The molecule has 3 fully saturated rings. The Labute approximate surface area is 183 Å². The summed E-state index contributed by atoms with van der Waals surface area (Å²) in [7, 11) is -3.82. The zero-order chi connectivity index (χ0) is 22.6. The van der Waals surface area contributed by atoms with Crippen molar-refractivity contribution in [2.24, 2.45) is 16.7 Å². The molecule has 2 heterocycles. The number of non-ortho nitro benzene ring substituents is 1. The fourth-order valence-electron chi connectivity index (χ4n) is 6.20. The average molecular weight is 450 g/mol. The third-order valence-electron chi connectivity index (χ3n) is 7.17. The Hall–Kier alpha value is -2.00. The van der Waals surface area contributed by atoms with Gasteiger partial charge in [0, 0.05) is 43.7 Å². The van der Waals surface area contributed by atoms with Crippen LogP contribution in [-0.2, 0) is 14.8 Å². The molecule has 1 aliphatic carbocycles. The maximum atomic E-state index is 13.3. The van der Waals surface area contributed by atoms with E-state index in [-0.39, 0.29) is 52.4 Å². The van der Waals surface area contributed by atoms with Crippen LogP contribution in [0.3, 0.4) is 0 Å². The zero-order valence-corrected chi connectivity index (χ0v) is 19.2. The summed E-state index contributed by atoms with van der Waals surface area (Å²) in [5, 5.41) is 11.0. The molecule has 9 heteroatoms. The van der Waals surface area contributed by atoms with Crippen LogP contribution < -0.4 is 0 Å². The summed E-state index contributed by atoms with van der Waals surface area (Å²) < 4.78 is 27.3. The van der Waals surface area contributed by atoms with E-state index >= 15 is 0 Å². The molecule has 2 bridgehead atoms. The highest BCUT2D eigenvalue weighted by Crippen LogP contribution is 2.52. The van der Waals surface area contributed by atoms with Gasteiger partial charge < -0.3 is 4.90 Å². The number of carbonyl (C=O) groups excluding carboxylic acids is 1. The number of hydrogen-bond acceptors (Lipinski definition) is 5. The summed E-state index contributed by atoms with van der Waals surface area (Å²) in [6.07, 6.45) is 4.17. The van der Waals surface area contributed by atoms with E-state index in [9.17, 15) is 23.3 Å². The molecule has 2 atom stereocenters. The predicted octanol–water partition coefficient (Wildman–Crippen LogP) is 3.42. The molecule has 4 rings (SSSR count). The fraction of sp³-hybridized carbons (Fsp3) is 0.682. The van der Waals surface area contributed by atoms with Crippen molar-refractivity contribution in [1.82, 2.24) is 9.21 Å². The topological polar surface area (TPSA) is 101 Å². The van der Waals surface area contributed by atoms with E-state index in [0.717, 1.165) is 31.9 Å². The summed E-state index contributed by atoms with van der Waals surface area (Å²) in [6, 6.07) is 5.42. The Bertz CT molecular complexity index is 1000. The minimum absolute atomic E-state index is 0.0741. The first kappa shape index (κ1) is 22.2. The zero-order valence-electron chi connectivity index (χ0n) is 18.4. The third kappa shape index (κ3) is 4.22. The lowest BCUT2D eigenvalue weighted by Crippen LogP contribution is -2.46. The Morgan fingerprint density at radius 2 is 1.84 bits per heavy atom. The molecule has 1 saturated carbocycles. The van der Waals surface area contributed by atoms with Crippen molar-refractivity contribution < 1.29 is 18.1 Å². The van der Waals surface area contributed by atoms with Crippen LogP contribution in [-0.4, -0.2) is 54.1 Å². The van der Waals surface area contributed by atoms with Crippen LogP contribution in [0.15, 0.2) is 29.2 Å². The van der Waals surface area contributed by atoms with Gasteiger partial charge in [0.25, 0.3) is 5.69 Å². The molecule has 8 nitrogen and oxygen atoms in total. The minimum Gasteiger partial charge on any atom is -0.339 e. The highest BCUT2D eigenvalue weighted by molar-refractivity contribution is 7.89. The highest BCUT2D eigenvalue weighted by atomic mass is 32.2. The van der Waals surface area contributed by atoms with E-state index in [0.29, 0.717) is 12.8 Å². The SMILES string of the molecule is CC1(C)CC2CC(C)(CN2C(=O)C2CCN(S(=O)(=O)c3cccc([N+](=O)[O-])c3)CC2)C1. The van der Waals surface area contributed by atoms with E-state index in [1.807, 2.05) is 0 Å². The third-order valence-corrected chi connectivity index (χ3v) is 9.06. The molecule has 1 amide bonds. The van der Waals surface area contributed by atoms with Crippen LogP contribution in [0.1, 0.15) is 52.9 Å². The summed E-state index contributed by atoms with van der Waals surface area (Å²) >= 11 is 0. The summed E-state index contributed by atoms with van der Waals surface area (Å²) in [6.45, 7) is 8.14. The van der Waals surface area contributed by atoms with Crippen LogP contribution in [0.2, 0.25) is 0 Å². The van der Waals surface area contributed by atoms with Gasteiger partial charge in [0.2, 0.25) is 15.9 Å². The molecular weight excluding hydrogens is 418 g/mol. The number of nitrogens with zero attached hydrogens (tertiary/aromatic N) is 3. The minimum atomic E-state index is -3.82. The monoisotopic (exact) mass is 449 g/mol. The number of rotatable bonds is 4. The molecule has 2 unspecified atom stereocenters. The Kier molecular flexibility index (Phi) is 5.41. The molecule has 170 valence electrons. The van der Waals surface area contributed by atoms with Gasteiger partial charge in [-0.1, -0.05) is 26.8 Å². The van der Waals surface area contributed by atoms with Crippen LogP contribution in [0.25, 0.3) is 0 Å². The first-order valence-corrected chi connectivity index (χ1v) is 12.4. The molecule has 0 spiro atoms. The van der Waals surface area contributed by atoms with Gasteiger partial charge in [0.05, 0.1) is 9.82 Å². The van der Waals surface area contributed by atoms with Crippen molar-refractivity contribution in [3.63, 3.8) is 0 Å². The lowest BCUT2D eigenvalue weighted by Gasteiger charge is -2.40. The van der Waals surface area contributed by atoms with Crippen molar-refractivity contribution in [3.8, 4) is 0 Å². The second kappa shape index (κ2) is 7.55. The van der Waals surface area contributed by atoms with Crippen LogP contribution in [0.4, 0.5) is 5.69 Å². The molecule has 1 aromatic rings. The number of nitro benzene ring substituents is 1. The normalized spacial score (nSPS) is 29.1. The average Bonchev–Trinajstić information content (AvgIpc) is 2.96. The molecule has 2 aliphatic heterocycles. The standard InChI is InChI=1S/C22H31N3O5S/c1-21(2)12-18-13-22(3,14-21)15-24(18)20(26)16-7-9-23(10-8-16)31(29,30)19-6-4-5-17(11-19)25(27)28/h4-6,11,16,18H,7-10,12-15H2,1-3H3. The summed E-state index contributed by atoms with van der Waals surface area (Å²) in [5.74, 6) is 0.00134. The first-order valence-electron chi connectivity index (χ1n) is 11.0. The van der Waals surface area contributed by atoms with Crippen LogP contribution in [0, 0.1) is 26.9 Å². The number of fused-ring (bicyclic) bond motifs is 2. The number of hydrogen-bond donors (Lipinski definition) is 0. The van der Waals surface area contributed by atoms with Gasteiger partial charge in [0.15, 0.2) is 0 Å². The number of amides is 1. The number of likely N-dealkylation sites (tertiary alicyclic amines) is 1. The van der Waals surface area contributed by atoms with E-state index < -0.39 is 14.9 Å². The number of benzene rings is 1. The predicted molar refractivity (Wildman–Crippen MR) is 116 cm³/mol. The van der Waals surface area contributed by atoms with Crippen molar-refractivity contribution in [3.05, 3.63) is 34.4 Å². The number of sulfonamides is 1. The largest absolute Gasteiger partial charge is 0.339 e. The van der Waals surface area contributed by atoms with Gasteiger partial charge in [0.1, 0.15) is 0 Å². The van der Waals surface area contributed by atoms with Gasteiger partial charge in [-0.15, -0.1) is 0 Å². The molecule has 1 aromatic carbocycles. The van der Waals surface area contributed by atoms with Crippen LogP contribution >= 0.6 is 0 Å². The Morgan fingerprint density at radius 1 is 1.16 bits per heavy atom. The molecule has 0 aromatic heterocycles. The van der Waals surface area contributed by atoms with Gasteiger partial charge >= 0.3 is 0 Å². The van der Waals surface area contributed by atoms with Gasteiger partial charge in [-0.3, -0.25) is 14.9 Å². The first-order chi connectivity index (χ1) is 14.4. The number of nitro groups is 1. The second-order valence-electron chi connectivity index (χ2n) is 10.6. The molecule has 0 radical (unpaired) electrons. The lowest BCUT2D eigenvalue weighted by molar-refractivity contribution is -0.385. The smallest absolute Gasteiger partial charge is 0.270 e. The molecule has 31 heavy (non-hydrogen) atoms. The maximum absolute atomic E-state index is 13.3. The van der Waals surface area contributed by atoms with Gasteiger partial charge in [-0.2, -0.15) is 4.31 Å². The van der Waals surface area contributed by atoms with E-state index in [4.69, 9.17) is 0 Å². The number of piperidine rings is 1. The summed E-state index contributed by atoms with van der Waals surface area (Å²) in [4.78, 5) is 25.7.